The van der Waals surface area contributed by atoms with Crippen LogP contribution in [0.25, 0.3) is 5.76 Å². The minimum absolute atomic E-state index is 0.00402. The number of likely N-dealkylation sites (tertiary alicyclic amines) is 1. The Morgan fingerprint density at radius 1 is 1.00 bits per heavy atom. The molecule has 0 saturated carbocycles. The molecule has 1 aliphatic heterocycles. The zero-order valence-electron chi connectivity index (χ0n) is 17.8. The van der Waals surface area contributed by atoms with Gasteiger partial charge in [-0.25, -0.2) is 0 Å². The molecule has 2 aromatic rings. The number of aliphatic hydroxyl groups is 1. The number of aliphatic hydroxyl groups excluding tert-OH is 1. The molecule has 1 aliphatic rings. The minimum Gasteiger partial charge on any atom is -0.507 e. The van der Waals surface area contributed by atoms with Crippen molar-refractivity contribution in [2.24, 2.45) is 5.73 Å². The number of nitrogens with two attached hydrogens (primary N) is 1. The zero-order valence-corrected chi connectivity index (χ0v) is 17.8. The van der Waals surface area contributed by atoms with Crippen LogP contribution < -0.4 is 19.9 Å². The summed E-state index contributed by atoms with van der Waals surface area (Å²) in [5.41, 5.74) is 6.60. The number of ether oxygens (including phenoxy) is 3. The first-order valence-corrected chi connectivity index (χ1v) is 9.81. The number of Topliss-reactive ketones (excluding diaryl/α,β-unsaturated/α-hetero) is 1. The van der Waals surface area contributed by atoms with Crippen LogP contribution in [-0.2, 0) is 9.59 Å². The van der Waals surface area contributed by atoms with E-state index in [-0.39, 0.29) is 17.9 Å². The van der Waals surface area contributed by atoms with E-state index in [4.69, 9.17) is 19.9 Å². The number of hydrogen-bond acceptors (Lipinski definition) is 7. The van der Waals surface area contributed by atoms with E-state index in [1.165, 1.54) is 26.2 Å². The number of hydrogen-bond donors (Lipinski definition) is 2. The number of nitrogens with zero attached hydrogens (tertiary/aromatic N) is 1. The van der Waals surface area contributed by atoms with Crippen molar-refractivity contribution in [3.63, 3.8) is 0 Å². The quantitative estimate of drug-likeness (QED) is 0.379. The van der Waals surface area contributed by atoms with Gasteiger partial charge < -0.3 is 30.0 Å². The second-order valence-electron chi connectivity index (χ2n) is 6.97. The molecule has 3 N–H and O–H groups in total. The first-order valence-electron chi connectivity index (χ1n) is 9.81. The summed E-state index contributed by atoms with van der Waals surface area (Å²) in [6.07, 6.45) is 0.505. The molecular weight excluding hydrogens is 400 g/mol. The first kappa shape index (κ1) is 22.2. The van der Waals surface area contributed by atoms with Gasteiger partial charge in [-0.2, -0.15) is 0 Å². The largest absolute Gasteiger partial charge is 0.507 e. The molecule has 1 atom stereocenters. The molecule has 8 nitrogen and oxygen atoms in total. The van der Waals surface area contributed by atoms with Gasteiger partial charge in [0, 0.05) is 23.7 Å². The lowest BCUT2D eigenvalue weighted by Gasteiger charge is -2.26. The summed E-state index contributed by atoms with van der Waals surface area (Å²) in [4.78, 5) is 27.3. The fraction of sp³-hybridized carbons (Fsp3) is 0.304. The van der Waals surface area contributed by atoms with Crippen molar-refractivity contribution in [1.82, 2.24) is 4.90 Å². The van der Waals surface area contributed by atoms with E-state index >= 15 is 0 Å². The molecule has 0 bridgehead atoms. The number of methoxy groups -OCH3 is 3. The van der Waals surface area contributed by atoms with E-state index in [2.05, 4.69) is 0 Å². The van der Waals surface area contributed by atoms with Gasteiger partial charge in [-0.3, -0.25) is 9.59 Å². The molecule has 1 heterocycles. The number of rotatable bonds is 8. The van der Waals surface area contributed by atoms with Crippen molar-refractivity contribution >= 4 is 17.4 Å². The summed E-state index contributed by atoms with van der Waals surface area (Å²) in [6.45, 7) is 0.619. The second-order valence-corrected chi connectivity index (χ2v) is 6.97. The molecule has 1 unspecified atom stereocenters. The average Bonchev–Trinajstić information content (AvgIpc) is 3.06. The Morgan fingerprint density at radius 3 is 2.23 bits per heavy atom. The molecule has 31 heavy (non-hydrogen) atoms. The molecule has 1 fully saturated rings. The van der Waals surface area contributed by atoms with Gasteiger partial charge in [-0.1, -0.05) is 0 Å². The molecule has 164 valence electrons. The Bertz CT molecular complexity index is 1000. The van der Waals surface area contributed by atoms with E-state index < -0.39 is 17.7 Å². The maximum Gasteiger partial charge on any atom is 0.295 e. The predicted molar refractivity (Wildman–Crippen MR) is 115 cm³/mol. The fourth-order valence-corrected chi connectivity index (χ4v) is 3.64. The standard InChI is InChI=1S/C23H26N2O6/c1-29-15-7-5-14(6-8-15)21(26)19-20(25(12-4-11-24)23(28)22(19)27)17-10-9-16(30-2)13-18(17)31-3/h5-10,13,20,26H,4,11-12,24H2,1-3H3. The Morgan fingerprint density at radius 2 is 1.65 bits per heavy atom. The molecule has 0 radical (unpaired) electrons. The highest BCUT2D eigenvalue weighted by Crippen LogP contribution is 2.43. The van der Waals surface area contributed by atoms with Crippen molar-refractivity contribution in [3.05, 3.63) is 59.2 Å². The number of benzene rings is 2. The Balaban J connectivity index is 2.19. The van der Waals surface area contributed by atoms with Gasteiger partial charge in [-0.15, -0.1) is 0 Å². The SMILES string of the molecule is COc1ccc(C(O)=C2C(=O)C(=O)N(CCCN)C2c2ccc(OC)cc2OC)cc1. The van der Waals surface area contributed by atoms with E-state index in [0.717, 1.165) is 0 Å². The van der Waals surface area contributed by atoms with E-state index in [9.17, 15) is 14.7 Å². The summed E-state index contributed by atoms with van der Waals surface area (Å²) in [5.74, 6) is -0.105. The molecule has 2 aromatic carbocycles. The lowest BCUT2D eigenvalue weighted by atomic mass is 9.94. The van der Waals surface area contributed by atoms with Crippen LogP contribution in [0.1, 0.15) is 23.6 Å². The molecule has 0 spiro atoms. The highest BCUT2D eigenvalue weighted by atomic mass is 16.5. The van der Waals surface area contributed by atoms with Crippen LogP contribution >= 0.6 is 0 Å². The maximum absolute atomic E-state index is 13.0. The minimum atomic E-state index is -0.825. The highest BCUT2D eigenvalue weighted by Gasteiger charge is 2.46. The highest BCUT2D eigenvalue weighted by molar-refractivity contribution is 6.46. The van der Waals surface area contributed by atoms with E-state index in [1.54, 1.807) is 42.5 Å². The summed E-state index contributed by atoms with van der Waals surface area (Å²) in [6, 6.07) is 10.9. The Hall–Kier alpha value is -3.52. The van der Waals surface area contributed by atoms with Gasteiger partial charge in [0.15, 0.2) is 0 Å². The maximum atomic E-state index is 13.0. The molecule has 8 heteroatoms. The zero-order chi connectivity index (χ0) is 22.5. The molecule has 0 aromatic heterocycles. The van der Waals surface area contributed by atoms with Crippen LogP contribution in [0.15, 0.2) is 48.0 Å². The monoisotopic (exact) mass is 426 g/mol. The van der Waals surface area contributed by atoms with Crippen LogP contribution in [0.3, 0.4) is 0 Å². The Kier molecular flexibility index (Phi) is 6.81. The third-order valence-corrected chi connectivity index (χ3v) is 5.24. The van der Waals surface area contributed by atoms with E-state index in [1.807, 2.05) is 0 Å². The van der Waals surface area contributed by atoms with Gasteiger partial charge in [0.05, 0.1) is 32.9 Å². The van der Waals surface area contributed by atoms with Crippen molar-refractivity contribution in [2.75, 3.05) is 34.4 Å². The van der Waals surface area contributed by atoms with Crippen LogP contribution in [0.5, 0.6) is 17.2 Å². The van der Waals surface area contributed by atoms with Crippen molar-refractivity contribution in [2.45, 2.75) is 12.5 Å². The lowest BCUT2D eigenvalue weighted by Crippen LogP contribution is -2.31. The topological polar surface area (TPSA) is 111 Å². The van der Waals surface area contributed by atoms with Crippen LogP contribution in [0, 0.1) is 0 Å². The molecular formula is C23H26N2O6. The summed E-state index contributed by atoms with van der Waals surface area (Å²) >= 11 is 0. The van der Waals surface area contributed by atoms with Crippen LogP contribution in [0.4, 0.5) is 0 Å². The van der Waals surface area contributed by atoms with Gasteiger partial charge >= 0.3 is 0 Å². The van der Waals surface area contributed by atoms with Gasteiger partial charge in [0.2, 0.25) is 0 Å². The van der Waals surface area contributed by atoms with Crippen molar-refractivity contribution in [1.29, 1.82) is 0 Å². The van der Waals surface area contributed by atoms with Crippen LogP contribution in [-0.4, -0.2) is 56.1 Å². The Labute approximate surface area is 180 Å². The molecule has 1 saturated heterocycles. The normalized spacial score (nSPS) is 17.7. The lowest BCUT2D eigenvalue weighted by molar-refractivity contribution is -0.139. The summed E-state index contributed by atoms with van der Waals surface area (Å²) in [5, 5.41) is 11.1. The smallest absolute Gasteiger partial charge is 0.295 e. The average molecular weight is 426 g/mol. The summed E-state index contributed by atoms with van der Waals surface area (Å²) in [7, 11) is 4.56. The molecule has 3 rings (SSSR count). The number of ketones is 1. The van der Waals surface area contributed by atoms with Crippen molar-refractivity contribution in [3.8, 4) is 17.2 Å². The van der Waals surface area contributed by atoms with E-state index in [0.29, 0.717) is 41.3 Å². The van der Waals surface area contributed by atoms with Gasteiger partial charge in [0.1, 0.15) is 23.0 Å². The van der Waals surface area contributed by atoms with Gasteiger partial charge in [-0.05, 0) is 49.4 Å². The number of amides is 1. The number of carbonyl (C=O) groups is 2. The summed E-state index contributed by atoms with van der Waals surface area (Å²) < 4.78 is 15.9. The molecule has 0 aliphatic carbocycles. The molecule has 1 amide bonds. The first-order chi connectivity index (χ1) is 15.0. The predicted octanol–water partition coefficient (Wildman–Crippen LogP) is 2.48. The third kappa shape index (κ3) is 4.20. The second kappa shape index (κ2) is 9.53. The fourth-order valence-electron chi connectivity index (χ4n) is 3.64. The number of carbonyl (C=O) groups excluding carboxylic acids is 2. The third-order valence-electron chi connectivity index (χ3n) is 5.24. The van der Waals surface area contributed by atoms with Crippen molar-refractivity contribution < 1.29 is 28.9 Å². The van der Waals surface area contributed by atoms with Crippen LogP contribution in [0.2, 0.25) is 0 Å². The van der Waals surface area contributed by atoms with Gasteiger partial charge in [0.25, 0.3) is 11.7 Å².